The second kappa shape index (κ2) is 5.03. The van der Waals surface area contributed by atoms with Gasteiger partial charge >= 0.3 is 0 Å². The Hall–Kier alpha value is -2.45. The maximum Gasteiger partial charge on any atom is 0.215 e. The van der Waals surface area contributed by atoms with E-state index in [2.05, 4.69) is 15.0 Å². The fourth-order valence-corrected chi connectivity index (χ4v) is 3.36. The zero-order chi connectivity index (χ0) is 17.2. The summed E-state index contributed by atoms with van der Waals surface area (Å²) in [5, 5.41) is 9.93. The van der Waals surface area contributed by atoms with Gasteiger partial charge in [0.2, 0.25) is 5.67 Å². The standard InChI is InChI=1S/C17H14F2N4O2/c18-11-4-12-13(23-2-1-14(24)15(23)22-12)3-10(11)9-5-20-16(21-6-9)17(19)7-25-8-17/h3-6,14,24H,1-2,7-8H2/t14-/m1/s1. The molecule has 4 heterocycles. The SMILES string of the molecule is O[C@@H]1CCn2c1nc1cc(F)c(-c3cnc(C4(F)COC4)nc3)cc12. The Labute approximate surface area is 141 Å². The van der Waals surface area contributed by atoms with Crippen LogP contribution in [0.5, 0.6) is 0 Å². The van der Waals surface area contributed by atoms with Gasteiger partial charge in [-0.1, -0.05) is 0 Å². The average Bonchev–Trinajstić information content (AvgIpc) is 3.11. The topological polar surface area (TPSA) is 73.1 Å². The minimum atomic E-state index is -1.65. The summed E-state index contributed by atoms with van der Waals surface area (Å²) in [7, 11) is 0. The van der Waals surface area contributed by atoms with Crippen LogP contribution in [-0.4, -0.2) is 37.8 Å². The van der Waals surface area contributed by atoms with E-state index in [4.69, 9.17) is 4.74 Å². The lowest BCUT2D eigenvalue weighted by atomic mass is 10.0. The van der Waals surface area contributed by atoms with Crippen LogP contribution in [0.2, 0.25) is 0 Å². The van der Waals surface area contributed by atoms with Crippen molar-refractivity contribution in [1.29, 1.82) is 0 Å². The smallest absolute Gasteiger partial charge is 0.215 e. The van der Waals surface area contributed by atoms with Crippen molar-refractivity contribution in [2.45, 2.75) is 24.7 Å². The largest absolute Gasteiger partial charge is 0.385 e. The van der Waals surface area contributed by atoms with Crippen LogP contribution in [0.25, 0.3) is 22.2 Å². The maximum atomic E-state index is 14.5. The van der Waals surface area contributed by atoms with Crippen LogP contribution >= 0.6 is 0 Å². The highest BCUT2D eigenvalue weighted by molar-refractivity contribution is 5.83. The molecule has 0 aliphatic carbocycles. The molecule has 1 aromatic carbocycles. The normalized spacial score (nSPS) is 21.3. The van der Waals surface area contributed by atoms with Crippen molar-refractivity contribution in [2.75, 3.05) is 13.2 Å². The van der Waals surface area contributed by atoms with Crippen LogP contribution in [-0.2, 0) is 17.0 Å². The van der Waals surface area contributed by atoms with Gasteiger partial charge in [-0.25, -0.2) is 23.7 Å². The molecule has 2 aromatic heterocycles. The lowest BCUT2D eigenvalue weighted by Crippen LogP contribution is -2.43. The molecule has 0 spiro atoms. The van der Waals surface area contributed by atoms with Gasteiger partial charge in [-0.2, -0.15) is 0 Å². The number of imidazole rings is 1. The van der Waals surface area contributed by atoms with Crippen molar-refractivity contribution >= 4 is 11.0 Å². The number of aliphatic hydroxyl groups is 1. The molecule has 0 radical (unpaired) electrons. The molecule has 0 unspecified atom stereocenters. The number of fused-ring (bicyclic) bond motifs is 3. The van der Waals surface area contributed by atoms with Crippen molar-refractivity contribution in [2.24, 2.45) is 0 Å². The number of aryl methyl sites for hydroxylation is 1. The molecule has 0 bridgehead atoms. The zero-order valence-corrected chi connectivity index (χ0v) is 13.1. The first kappa shape index (κ1) is 14.9. The van der Waals surface area contributed by atoms with Gasteiger partial charge in [-0.3, -0.25) is 0 Å². The molecule has 8 heteroatoms. The van der Waals surface area contributed by atoms with Crippen LogP contribution < -0.4 is 0 Å². The monoisotopic (exact) mass is 344 g/mol. The highest BCUT2D eigenvalue weighted by atomic mass is 19.1. The van der Waals surface area contributed by atoms with E-state index in [-0.39, 0.29) is 19.0 Å². The second-order valence-corrected chi connectivity index (χ2v) is 6.50. The maximum absolute atomic E-state index is 14.5. The Morgan fingerprint density at radius 1 is 1.24 bits per heavy atom. The van der Waals surface area contributed by atoms with Crippen molar-refractivity contribution in [1.82, 2.24) is 19.5 Å². The van der Waals surface area contributed by atoms with Crippen LogP contribution in [0, 0.1) is 5.82 Å². The Bertz CT molecular complexity index is 982. The predicted octanol–water partition coefficient (Wildman–Crippen LogP) is 2.26. The van der Waals surface area contributed by atoms with Gasteiger partial charge in [0.25, 0.3) is 0 Å². The fraction of sp³-hybridized carbons (Fsp3) is 0.353. The zero-order valence-electron chi connectivity index (χ0n) is 13.1. The first-order chi connectivity index (χ1) is 12.0. The van der Waals surface area contributed by atoms with Crippen LogP contribution in [0.15, 0.2) is 24.5 Å². The van der Waals surface area contributed by atoms with E-state index < -0.39 is 17.6 Å². The van der Waals surface area contributed by atoms with Crippen molar-refractivity contribution < 1.29 is 18.6 Å². The van der Waals surface area contributed by atoms with Gasteiger partial charge in [0, 0.05) is 36.1 Å². The minimum absolute atomic E-state index is 0.0531. The Balaban J connectivity index is 1.59. The molecule has 0 amide bonds. The van der Waals surface area contributed by atoms with Crippen molar-refractivity contribution in [3.05, 3.63) is 42.0 Å². The molecule has 5 rings (SSSR count). The van der Waals surface area contributed by atoms with Gasteiger partial charge in [0.1, 0.15) is 17.7 Å². The van der Waals surface area contributed by atoms with Gasteiger partial charge in [-0.05, 0) is 12.5 Å². The summed E-state index contributed by atoms with van der Waals surface area (Å²) < 4.78 is 35.5. The number of aromatic nitrogens is 4. The van der Waals surface area contributed by atoms with Crippen LogP contribution in [0.1, 0.15) is 24.2 Å². The van der Waals surface area contributed by atoms with E-state index >= 15 is 0 Å². The average molecular weight is 344 g/mol. The van der Waals surface area contributed by atoms with Crippen molar-refractivity contribution in [3.63, 3.8) is 0 Å². The van der Waals surface area contributed by atoms with E-state index in [0.717, 1.165) is 5.52 Å². The van der Waals surface area contributed by atoms with E-state index in [1.807, 2.05) is 4.57 Å². The summed E-state index contributed by atoms with van der Waals surface area (Å²) in [6, 6.07) is 3.02. The summed E-state index contributed by atoms with van der Waals surface area (Å²) >= 11 is 0. The fourth-order valence-electron chi connectivity index (χ4n) is 3.36. The predicted molar refractivity (Wildman–Crippen MR) is 83.9 cm³/mol. The number of hydrogen-bond acceptors (Lipinski definition) is 5. The third-order valence-corrected chi connectivity index (χ3v) is 4.82. The number of rotatable bonds is 2. The molecule has 2 aliphatic rings. The number of aliphatic hydroxyl groups excluding tert-OH is 1. The molecule has 6 nitrogen and oxygen atoms in total. The summed E-state index contributed by atoms with van der Waals surface area (Å²) in [5.41, 5.74) is 0.383. The molecule has 1 saturated heterocycles. The van der Waals surface area contributed by atoms with Gasteiger partial charge in [0.05, 0.1) is 24.2 Å². The third-order valence-electron chi connectivity index (χ3n) is 4.82. The lowest BCUT2D eigenvalue weighted by molar-refractivity contribution is -0.140. The first-order valence-corrected chi connectivity index (χ1v) is 8.02. The molecule has 1 N–H and O–H groups in total. The third kappa shape index (κ3) is 2.11. The van der Waals surface area contributed by atoms with Crippen LogP contribution in [0.4, 0.5) is 8.78 Å². The second-order valence-electron chi connectivity index (χ2n) is 6.50. The van der Waals surface area contributed by atoms with E-state index in [1.54, 1.807) is 6.07 Å². The summed E-state index contributed by atoms with van der Waals surface area (Å²) in [5.74, 6) is 0.150. The molecule has 0 saturated carbocycles. The first-order valence-electron chi connectivity index (χ1n) is 8.02. The van der Waals surface area contributed by atoms with E-state index in [0.29, 0.717) is 35.4 Å². The Kier molecular flexibility index (Phi) is 2.99. The Morgan fingerprint density at radius 2 is 2.00 bits per heavy atom. The van der Waals surface area contributed by atoms with E-state index in [1.165, 1.54) is 18.5 Å². The van der Waals surface area contributed by atoms with E-state index in [9.17, 15) is 13.9 Å². The Morgan fingerprint density at radius 3 is 2.68 bits per heavy atom. The lowest BCUT2D eigenvalue weighted by Gasteiger charge is -2.31. The molecule has 1 fully saturated rings. The highest BCUT2D eigenvalue weighted by Gasteiger charge is 2.43. The molecular formula is C17H14F2N4O2. The van der Waals surface area contributed by atoms with Gasteiger partial charge in [0.15, 0.2) is 5.82 Å². The number of benzene rings is 1. The van der Waals surface area contributed by atoms with Gasteiger partial charge in [-0.15, -0.1) is 0 Å². The van der Waals surface area contributed by atoms with Crippen LogP contribution in [0.3, 0.4) is 0 Å². The number of nitrogens with zero attached hydrogens (tertiary/aromatic N) is 4. The number of ether oxygens (including phenoxy) is 1. The molecule has 25 heavy (non-hydrogen) atoms. The molecular weight excluding hydrogens is 330 g/mol. The number of alkyl halides is 1. The molecule has 1 atom stereocenters. The van der Waals surface area contributed by atoms with Gasteiger partial charge < -0.3 is 14.4 Å². The number of halogens is 2. The highest BCUT2D eigenvalue weighted by Crippen LogP contribution is 2.35. The minimum Gasteiger partial charge on any atom is -0.385 e. The molecule has 3 aromatic rings. The van der Waals surface area contributed by atoms with Crippen molar-refractivity contribution in [3.8, 4) is 11.1 Å². The molecule has 128 valence electrons. The number of hydrogen-bond donors (Lipinski definition) is 1. The summed E-state index contributed by atoms with van der Waals surface area (Å²) in [6.45, 7) is 0.520. The molecule has 2 aliphatic heterocycles. The quantitative estimate of drug-likeness (QED) is 0.772. The summed E-state index contributed by atoms with van der Waals surface area (Å²) in [6.07, 6.45) is 2.82. The summed E-state index contributed by atoms with van der Waals surface area (Å²) in [4.78, 5) is 12.4.